The Kier molecular flexibility index (Phi) is 3.93. The van der Waals surface area contributed by atoms with E-state index in [1.807, 2.05) is 0 Å². The van der Waals surface area contributed by atoms with E-state index in [0.717, 1.165) is 6.07 Å². The second-order valence-electron chi connectivity index (χ2n) is 2.45. The van der Waals surface area contributed by atoms with Gasteiger partial charge in [0, 0.05) is 0 Å². The van der Waals surface area contributed by atoms with Gasteiger partial charge in [0.25, 0.3) is 11.7 Å². The molecule has 3 nitrogen and oxygen atoms in total. The van der Waals surface area contributed by atoms with Crippen LogP contribution in [0, 0.1) is 15.0 Å². The fourth-order valence-corrected chi connectivity index (χ4v) is 1.74. The van der Waals surface area contributed by atoms with Crippen LogP contribution in [0.1, 0.15) is 28.0 Å². The number of carbonyl (C=O) groups is 1. The van der Waals surface area contributed by atoms with Gasteiger partial charge < -0.3 is 0 Å². The number of carbonyl (C=O) groups excluding carboxylic acids is 1. The lowest BCUT2D eigenvalue weighted by molar-refractivity contribution is 0.108. The average Bonchev–Trinajstić information content (AvgIpc) is 2.16. The van der Waals surface area contributed by atoms with Gasteiger partial charge in [-0.1, -0.05) is 0 Å². The first-order chi connectivity index (χ1) is 6.97. The maximum absolute atomic E-state index is 12.3. The van der Waals surface area contributed by atoms with Gasteiger partial charge in [-0.15, -0.1) is 0 Å². The molecule has 0 bridgehead atoms. The van der Waals surface area contributed by atoms with Gasteiger partial charge in [0.1, 0.15) is 15.5 Å². The summed E-state index contributed by atoms with van der Waals surface area (Å²) >= 11 is 6.77. The molecule has 0 radical (unpaired) electrons. The molecule has 0 aliphatic carbocycles. The normalized spacial score (nSPS) is 10.1. The van der Waals surface area contributed by atoms with Crippen molar-refractivity contribution in [3.8, 4) is 6.07 Å². The van der Waals surface area contributed by atoms with Crippen molar-refractivity contribution in [3.63, 3.8) is 0 Å². The van der Waals surface area contributed by atoms with Gasteiger partial charge in [-0.3, -0.25) is 4.79 Å². The van der Waals surface area contributed by atoms with Crippen LogP contribution in [0.25, 0.3) is 0 Å². The zero-order valence-corrected chi connectivity index (χ0v) is 9.88. The first-order valence-corrected chi connectivity index (χ1v) is 5.01. The van der Waals surface area contributed by atoms with E-state index in [1.54, 1.807) is 28.7 Å². The van der Waals surface area contributed by atoms with Crippen molar-refractivity contribution >= 4 is 39.4 Å². The summed E-state index contributed by atoms with van der Waals surface area (Å²) in [5, 5.41) is 7.73. The Morgan fingerprint density at radius 2 is 2.27 bits per heavy atom. The second-order valence-corrected chi connectivity index (χ2v) is 3.81. The summed E-state index contributed by atoms with van der Waals surface area (Å²) in [4.78, 5) is 14.4. The quantitative estimate of drug-likeness (QED) is 0.472. The van der Waals surface area contributed by atoms with Crippen molar-refractivity contribution in [2.45, 2.75) is 6.43 Å². The van der Waals surface area contributed by atoms with Crippen molar-refractivity contribution in [3.05, 3.63) is 26.6 Å². The monoisotopic (exact) mass is 342 g/mol. The molecule has 0 amide bonds. The minimum absolute atomic E-state index is 0.0388. The number of alkyl halides is 2. The summed E-state index contributed by atoms with van der Waals surface area (Å²) in [5.41, 5.74) is -0.892. The zero-order valence-electron chi connectivity index (χ0n) is 6.97. The zero-order chi connectivity index (χ0) is 11.6. The molecule has 0 saturated heterocycles. The molecule has 0 saturated carbocycles. The number of aromatic nitrogens is 1. The minimum atomic E-state index is -2.80. The molecule has 15 heavy (non-hydrogen) atoms. The van der Waals surface area contributed by atoms with Crippen LogP contribution in [0.5, 0.6) is 0 Å². The van der Waals surface area contributed by atoms with E-state index in [0.29, 0.717) is 0 Å². The summed E-state index contributed by atoms with van der Waals surface area (Å²) in [5.74, 6) is 0. The Hall–Kier alpha value is -0.810. The molecule has 0 aliphatic heterocycles. The second kappa shape index (κ2) is 4.81. The summed E-state index contributed by atoms with van der Waals surface area (Å²) in [6, 6.07) is 2.53. The highest BCUT2D eigenvalue weighted by molar-refractivity contribution is 14.1. The van der Waals surface area contributed by atoms with Crippen molar-refractivity contribution in [2.24, 2.45) is 0 Å². The number of nitrogens with zero attached hydrogens (tertiary/aromatic N) is 2. The standard InChI is InChI=1S/C8H2ClF2IN2O/c9-6(15)3-1-5(7(10)11)14-8(12)4(3)2-13/h1,7H. The lowest BCUT2D eigenvalue weighted by Crippen LogP contribution is -2.03. The molecule has 0 atom stereocenters. The van der Waals surface area contributed by atoms with Gasteiger partial charge in [0.2, 0.25) is 0 Å². The van der Waals surface area contributed by atoms with Gasteiger partial charge in [0.05, 0.1) is 11.1 Å². The predicted octanol–water partition coefficient (Wildman–Crippen LogP) is 2.87. The SMILES string of the molecule is N#Cc1c(C(=O)Cl)cc(C(F)F)nc1I. The summed E-state index contributed by atoms with van der Waals surface area (Å²) in [6.07, 6.45) is -2.80. The van der Waals surface area contributed by atoms with Gasteiger partial charge in [0.15, 0.2) is 0 Å². The van der Waals surface area contributed by atoms with E-state index >= 15 is 0 Å². The molecule has 1 heterocycles. The maximum atomic E-state index is 12.3. The Bertz CT molecular complexity index is 459. The Morgan fingerprint density at radius 3 is 2.67 bits per heavy atom. The number of hydrogen-bond donors (Lipinski definition) is 0. The van der Waals surface area contributed by atoms with Gasteiger partial charge in [-0.05, 0) is 40.3 Å². The van der Waals surface area contributed by atoms with Crippen LogP contribution in [0.4, 0.5) is 8.78 Å². The summed E-state index contributed by atoms with van der Waals surface area (Å²) in [6.45, 7) is 0. The number of rotatable bonds is 2. The Morgan fingerprint density at radius 1 is 1.67 bits per heavy atom. The third-order valence-electron chi connectivity index (χ3n) is 1.54. The van der Waals surface area contributed by atoms with Gasteiger partial charge in [-0.2, -0.15) is 5.26 Å². The first-order valence-electron chi connectivity index (χ1n) is 3.56. The smallest absolute Gasteiger partial charge is 0.276 e. The molecule has 0 fully saturated rings. The molecule has 0 N–H and O–H groups in total. The van der Waals surface area contributed by atoms with Crippen LogP contribution in [0.2, 0.25) is 0 Å². The van der Waals surface area contributed by atoms with Crippen molar-refractivity contribution < 1.29 is 13.6 Å². The number of hydrogen-bond acceptors (Lipinski definition) is 3. The number of nitriles is 1. The topological polar surface area (TPSA) is 53.8 Å². The fraction of sp³-hybridized carbons (Fsp3) is 0.125. The lowest BCUT2D eigenvalue weighted by Gasteiger charge is -2.04. The highest BCUT2D eigenvalue weighted by Crippen LogP contribution is 2.23. The third kappa shape index (κ3) is 2.60. The predicted molar refractivity (Wildman–Crippen MR) is 56.8 cm³/mol. The van der Waals surface area contributed by atoms with E-state index < -0.39 is 17.4 Å². The van der Waals surface area contributed by atoms with E-state index in [1.165, 1.54) is 0 Å². The van der Waals surface area contributed by atoms with Crippen LogP contribution in [0.3, 0.4) is 0 Å². The molecule has 0 aliphatic rings. The minimum Gasteiger partial charge on any atom is -0.276 e. The highest BCUT2D eigenvalue weighted by Gasteiger charge is 2.19. The number of halogens is 4. The van der Waals surface area contributed by atoms with Gasteiger partial charge in [-0.25, -0.2) is 13.8 Å². The first kappa shape index (κ1) is 12.3. The van der Waals surface area contributed by atoms with Crippen LogP contribution in [0.15, 0.2) is 6.07 Å². The van der Waals surface area contributed by atoms with Crippen molar-refractivity contribution in [1.29, 1.82) is 5.26 Å². The molecule has 0 spiro atoms. The van der Waals surface area contributed by atoms with Gasteiger partial charge >= 0.3 is 0 Å². The fourth-order valence-electron chi connectivity index (χ4n) is 0.906. The maximum Gasteiger partial charge on any atom is 0.280 e. The molecule has 1 aromatic rings. The van der Waals surface area contributed by atoms with Crippen LogP contribution >= 0.6 is 34.2 Å². The van der Waals surface area contributed by atoms with E-state index in [-0.39, 0.29) is 14.8 Å². The number of pyridine rings is 1. The summed E-state index contributed by atoms with van der Waals surface area (Å²) in [7, 11) is 0. The van der Waals surface area contributed by atoms with Crippen LogP contribution in [-0.2, 0) is 0 Å². The van der Waals surface area contributed by atoms with Crippen molar-refractivity contribution in [2.75, 3.05) is 0 Å². The average molecular weight is 342 g/mol. The molecule has 0 unspecified atom stereocenters. The molecule has 78 valence electrons. The Balaban J connectivity index is 3.47. The molecule has 0 aromatic carbocycles. The lowest BCUT2D eigenvalue weighted by atomic mass is 10.1. The van der Waals surface area contributed by atoms with Crippen LogP contribution in [-0.4, -0.2) is 10.2 Å². The third-order valence-corrected chi connectivity index (χ3v) is 2.53. The molecule has 7 heteroatoms. The van der Waals surface area contributed by atoms with E-state index in [2.05, 4.69) is 4.98 Å². The van der Waals surface area contributed by atoms with Crippen molar-refractivity contribution in [1.82, 2.24) is 4.98 Å². The van der Waals surface area contributed by atoms with Crippen LogP contribution < -0.4 is 0 Å². The molecule has 1 aromatic heterocycles. The Labute approximate surface area is 102 Å². The summed E-state index contributed by atoms with van der Waals surface area (Å²) < 4.78 is 24.7. The molecular formula is C8H2ClF2IN2O. The molecular weight excluding hydrogens is 340 g/mol. The highest BCUT2D eigenvalue weighted by atomic mass is 127. The van der Waals surface area contributed by atoms with E-state index in [9.17, 15) is 13.6 Å². The molecule has 1 rings (SSSR count). The van der Waals surface area contributed by atoms with E-state index in [4.69, 9.17) is 16.9 Å². The largest absolute Gasteiger partial charge is 0.280 e.